The van der Waals surface area contributed by atoms with Crippen molar-refractivity contribution < 1.29 is 4.79 Å². The van der Waals surface area contributed by atoms with Gasteiger partial charge in [-0.1, -0.05) is 58.0 Å². The lowest BCUT2D eigenvalue weighted by atomic mass is 9.62. The molecule has 2 rings (SSSR count). The Labute approximate surface area is 129 Å². The summed E-state index contributed by atoms with van der Waals surface area (Å²) in [7, 11) is 0. The number of hydrogen-bond acceptors (Lipinski definition) is 1. The fourth-order valence-electron chi connectivity index (χ4n) is 3.39. The Morgan fingerprint density at radius 2 is 1.71 bits per heavy atom. The Bertz CT molecular complexity index is 549. The van der Waals surface area contributed by atoms with Crippen LogP contribution in [0.15, 0.2) is 30.4 Å². The van der Waals surface area contributed by atoms with Crippen LogP contribution in [0.25, 0.3) is 0 Å². The summed E-state index contributed by atoms with van der Waals surface area (Å²) in [6.45, 7) is 11.3. The number of aldehydes is 1. The van der Waals surface area contributed by atoms with Gasteiger partial charge in [-0.15, -0.1) is 0 Å². The van der Waals surface area contributed by atoms with Crippen molar-refractivity contribution in [2.75, 3.05) is 0 Å². The van der Waals surface area contributed by atoms with Crippen molar-refractivity contribution in [2.45, 2.75) is 70.6 Å². The molecule has 1 atom stereocenters. The molecule has 0 saturated carbocycles. The standard InChI is InChI=1S/C20H28O/c1-6-7-8-16(14-21)15-9-10-17-18(13-15)20(4,5)12-11-19(17,2)3/h6-7,9-10,13-14,16H,8,11-12H2,1-5H3/b7-6+. The molecule has 0 fully saturated rings. The number of allylic oxidation sites excluding steroid dienone is 2. The van der Waals surface area contributed by atoms with Gasteiger partial charge in [0.1, 0.15) is 6.29 Å². The average Bonchev–Trinajstić information content (AvgIpc) is 2.45. The van der Waals surface area contributed by atoms with Crippen molar-refractivity contribution in [1.82, 2.24) is 0 Å². The Hall–Kier alpha value is -1.37. The van der Waals surface area contributed by atoms with E-state index in [4.69, 9.17) is 0 Å². The van der Waals surface area contributed by atoms with E-state index in [0.29, 0.717) is 0 Å². The Kier molecular flexibility index (Phi) is 4.41. The zero-order valence-corrected chi connectivity index (χ0v) is 14.1. The van der Waals surface area contributed by atoms with Gasteiger partial charge in [0.15, 0.2) is 0 Å². The highest BCUT2D eigenvalue weighted by molar-refractivity contribution is 5.63. The summed E-state index contributed by atoms with van der Waals surface area (Å²) in [6, 6.07) is 6.71. The van der Waals surface area contributed by atoms with Gasteiger partial charge in [0.25, 0.3) is 0 Å². The molecule has 0 spiro atoms. The predicted molar refractivity (Wildman–Crippen MR) is 90.0 cm³/mol. The van der Waals surface area contributed by atoms with Crippen LogP contribution in [0.5, 0.6) is 0 Å². The number of carbonyl (C=O) groups is 1. The van der Waals surface area contributed by atoms with Gasteiger partial charge >= 0.3 is 0 Å². The first-order valence-electron chi connectivity index (χ1n) is 8.03. The predicted octanol–water partition coefficient (Wildman–Crippen LogP) is 5.28. The maximum Gasteiger partial charge on any atom is 0.127 e. The first-order chi connectivity index (χ1) is 9.81. The second-order valence-electron chi connectivity index (χ2n) is 7.62. The summed E-state index contributed by atoms with van der Waals surface area (Å²) in [4.78, 5) is 11.4. The molecule has 1 aromatic rings. The molecule has 1 heteroatoms. The summed E-state index contributed by atoms with van der Waals surface area (Å²) >= 11 is 0. The first kappa shape index (κ1) is 16.0. The monoisotopic (exact) mass is 284 g/mol. The van der Waals surface area contributed by atoms with Crippen molar-refractivity contribution in [3.8, 4) is 0 Å². The van der Waals surface area contributed by atoms with Crippen LogP contribution in [0.1, 0.15) is 76.5 Å². The van der Waals surface area contributed by atoms with Gasteiger partial charge in [-0.3, -0.25) is 0 Å². The molecule has 1 nitrogen and oxygen atoms in total. The van der Waals surface area contributed by atoms with E-state index in [0.717, 1.165) is 18.3 Å². The number of rotatable bonds is 4. The molecule has 0 heterocycles. The second-order valence-corrected chi connectivity index (χ2v) is 7.62. The maximum absolute atomic E-state index is 11.4. The minimum absolute atomic E-state index is 0.0210. The number of fused-ring (bicyclic) bond motifs is 1. The van der Waals surface area contributed by atoms with Crippen LogP contribution in [0.4, 0.5) is 0 Å². The number of benzene rings is 1. The van der Waals surface area contributed by atoms with Gasteiger partial charge in [-0.25, -0.2) is 0 Å². The Morgan fingerprint density at radius 1 is 1.10 bits per heavy atom. The van der Waals surface area contributed by atoms with E-state index in [1.165, 1.54) is 24.0 Å². The van der Waals surface area contributed by atoms with E-state index in [9.17, 15) is 4.79 Å². The van der Waals surface area contributed by atoms with Gasteiger partial charge in [0.2, 0.25) is 0 Å². The Balaban J connectivity index is 2.47. The molecule has 0 aromatic heterocycles. The average molecular weight is 284 g/mol. The molecule has 0 radical (unpaired) electrons. The van der Waals surface area contributed by atoms with Crippen LogP contribution in [0, 0.1) is 0 Å². The fourth-order valence-corrected chi connectivity index (χ4v) is 3.39. The highest BCUT2D eigenvalue weighted by atomic mass is 16.1. The highest BCUT2D eigenvalue weighted by Crippen LogP contribution is 2.46. The van der Waals surface area contributed by atoms with Crippen LogP contribution >= 0.6 is 0 Å². The number of hydrogen-bond donors (Lipinski definition) is 0. The number of carbonyl (C=O) groups excluding carboxylic acids is 1. The van der Waals surface area contributed by atoms with Gasteiger partial charge in [-0.2, -0.15) is 0 Å². The molecular formula is C20H28O. The van der Waals surface area contributed by atoms with Crippen molar-refractivity contribution >= 4 is 6.29 Å². The lowest BCUT2D eigenvalue weighted by Gasteiger charge is -2.42. The van der Waals surface area contributed by atoms with Crippen molar-refractivity contribution in [1.29, 1.82) is 0 Å². The van der Waals surface area contributed by atoms with Gasteiger partial charge < -0.3 is 4.79 Å². The van der Waals surface area contributed by atoms with Crippen molar-refractivity contribution in [3.05, 3.63) is 47.0 Å². The molecule has 1 unspecified atom stereocenters. The third-order valence-corrected chi connectivity index (χ3v) is 5.10. The van der Waals surface area contributed by atoms with Crippen LogP contribution in [0.3, 0.4) is 0 Å². The summed E-state index contributed by atoms with van der Waals surface area (Å²) in [6.07, 6.45) is 8.40. The van der Waals surface area contributed by atoms with Gasteiger partial charge in [0.05, 0.1) is 0 Å². The normalized spacial score (nSPS) is 21.0. The molecule has 1 aliphatic carbocycles. The minimum Gasteiger partial charge on any atom is -0.303 e. The highest BCUT2D eigenvalue weighted by Gasteiger charge is 2.37. The largest absolute Gasteiger partial charge is 0.303 e. The zero-order valence-electron chi connectivity index (χ0n) is 14.1. The molecule has 0 aliphatic heterocycles. The van der Waals surface area contributed by atoms with E-state index >= 15 is 0 Å². The third kappa shape index (κ3) is 3.12. The molecule has 0 amide bonds. The Morgan fingerprint density at radius 3 is 2.29 bits per heavy atom. The van der Waals surface area contributed by atoms with Crippen molar-refractivity contribution in [2.24, 2.45) is 0 Å². The maximum atomic E-state index is 11.4. The van der Waals surface area contributed by atoms with Crippen LogP contribution in [0.2, 0.25) is 0 Å². The molecule has 114 valence electrons. The lowest BCUT2D eigenvalue weighted by molar-refractivity contribution is -0.109. The molecule has 1 aliphatic rings. The fraction of sp³-hybridized carbons (Fsp3) is 0.550. The third-order valence-electron chi connectivity index (χ3n) is 5.10. The molecule has 0 saturated heterocycles. The quantitative estimate of drug-likeness (QED) is 0.542. The van der Waals surface area contributed by atoms with Crippen molar-refractivity contribution in [3.63, 3.8) is 0 Å². The minimum atomic E-state index is -0.0210. The van der Waals surface area contributed by atoms with E-state index in [1.807, 2.05) is 13.0 Å². The first-order valence-corrected chi connectivity index (χ1v) is 8.03. The van der Waals surface area contributed by atoms with E-state index in [1.54, 1.807) is 0 Å². The summed E-state index contributed by atoms with van der Waals surface area (Å²) in [5.74, 6) is -0.0210. The molecule has 0 bridgehead atoms. The van der Waals surface area contributed by atoms with Crippen LogP contribution in [-0.4, -0.2) is 6.29 Å². The smallest absolute Gasteiger partial charge is 0.127 e. The summed E-state index contributed by atoms with van der Waals surface area (Å²) in [5.41, 5.74) is 4.49. The van der Waals surface area contributed by atoms with E-state index in [2.05, 4.69) is 52.0 Å². The molecular weight excluding hydrogens is 256 g/mol. The summed E-state index contributed by atoms with van der Waals surface area (Å²) < 4.78 is 0. The van der Waals surface area contributed by atoms with Crippen LogP contribution < -0.4 is 0 Å². The van der Waals surface area contributed by atoms with E-state index in [-0.39, 0.29) is 16.7 Å². The van der Waals surface area contributed by atoms with E-state index < -0.39 is 0 Å². The molecule has 1 aromatic carbocycles. The summed E-state index contributed by atoms with van der Waals surface area (Å²) in [5, 5.41) is 0. The zero-order chi connectivity index (χ0) is 15.7. The lowest BCUT2D eigenvalue weighted by Crippen LogP contribution is -2.34. The van der Waals surface area contributed by atoms with Crippen LogP contribution in [-0.2, 0) is 15.6 Å². The molecule has 21 heavy (non-hydrogen) atoms. The molecule has 0 N–H and O–H groups in total. The topological polar surface area (TPSA) is 17.1 Å². The second kappa shape index (κ2) is 5.79. The SMILES string of the molecule is C/C=C/CC(C=O)c1ccc2c(c1)C(C)(C)CCC2(C)C. The van der Waals surface area contributed by atoms with Gasteiger partial charge in [-0.05, 0) is 53.7 Å². The van der Waals surface area contributed by atoms with Gasteiger partial charge in [0, 0.05) is 5.92 Å².